The van der Waals surface area contributed by atoms with Crippen molar-refractivity contribution in [3.8, 4) is 5.75 Å². The molecule has 2 amide bonds. The lowest BCUT2D eigenvalue weighted by Crippen LogP contribution is -2.25. The van der Waals surface area contributed by atoms with Gasteiger partial charge >= 0.3 is 0 Å². The summed E-state index contributed by atoms with van der Waals surface area (Å²) in [6, 6.07) is 14.6. The summed E-state index contributed by atoms with van der Waals surface area (Å²) in [4.78, 5) is 28.9. The average Bonchev–Trinajstić information content (AvgIpc) is 3.24. The molecule has 1 atom stereocenters. The Morgan fingerprint density at radius 1 is 1.19 bits per heavy atom. The number of amides is 2. The number of hydrogen-bond acceptors (Lipinski definition) is 5. The normalized spacial score (nSPS) is 11.6. The Kier molecular flexibility index (Phi) is 8.64. The van der Waals surface area contributed by atoms with Crippen molar-refractivity contribution < 1.29 is 14.3 Å². The van der Waals surface area contributed by atoms with Crippen LogP contribution in [0.3, 0.4) is 0 Å². The molecule has 0 fully saturated rings. The Hall–Kier alpha value is -2.90. The molecule has 0 saturated carbocycles. The zero-order valence-corrected chi connectivity index (χ0v) is 19.6. The van der Waals surface area contributed by atoms with E-state index >= 15 is 0 Å². The number of anilines is 1. The summed E-state index contributed by atoms with van der Waals surface area (Å²) in [5.74, 6) is 0.548. The zero-order chi connectivity index (χ0) is 22.9. The highest BCUT2D eigenvalue weighted by molar-refractivity contribution is 7.09. The number of aromatic nitrogens is 1. The van der Waals surface area contributed by atoms with E-state index in [2.05, 4.69) is 15.6 Å². The summed E-state index contributed by atoms with van der Waals surface area (Å²) in [6.45, 7) is 4.59. The van der Waals surface area contributed by atoms with Crippen molar-refractivity contribution >= 4 is 40.4 Å². The van der Waals surface area contributed by atoms with Gasteiger partial charge in [0.05, 0.1) is 12.1 Å². The highest BCUT2D eigenvalue weighted by Crippen LogP contribution is 2.18. The van der Waals surface area contributed by atoms with Gasteiger partial charge in [-0.05, 0) is 48.4 Å². The highest BCUT2D eigenvalue weighted by Gasteiger charge is 2.11. The molecule has 0 aliphatic rings. The first-order chi connectivity index (χ1) is 15.4. The number of nitrogens with zero attached hydrogens (tertiary/aromatic N) is 1. The Bertz CT molecular complexity index is 1050. The van der Waals surface area contributed by atoms with Gasteiger partial charge < -0.3 is 15.4 Å². The summed E-state index contributed by atoms with van der Waals surface area (Å²) in [5, 5.41) is 9.13. The number of nitrogens with one attached hydrogen (secondary N) is 2. The molecule has 32 heavy (non-hydrogen) atoms. The SMILES string of the molecule is CCC(C)C(=O)Nc1cccc(CNC(=O)Cc2csc(COc3ccc(Cl)cc3)n2)c1. The minimum atomic E-state index is -0.116. The predicted molar refractivity (Wildman–Crippen MR) is 128 cm³/mol. The van der Waals surface area contributed by atoms with E-state index in [-0.39, 0.29) is 24.2 Å². The maximum Gasteiger partial charge on any atom is 0.227 e. The predicted octanol–water partition coefficient (Wildman–Crippen LogP) is 5.22. The molecule has 6 nitrogen and oxygen atoms in total. The van der Waals surface area contributed by atoms with Crippen molar-refractivity contribution in [3.05, 3.63) is 75.2 Å². The van der Waals surface area contributed by atoms with Crippen molar-refractivity contribution in [1.29, 1.82) is 0 Å². The molecule has 0 radical (unpaired) electrons. The maximum absolute atomic E-state index is 12.3. The second kappa shape index (κ2) is 11.6. The monoisotopic (exact) mass is 471 g/mol. The molecule has 0 saturated heterocycles. The van der Waals surface area contributed by atoms with E-state index in [1.54, 1.807) is 24.3 Å². The average molecular weight is 472 g/mol. The summed E-state index contributed by atoms with van der Waals surface area (Å²) in [5.41, 5.74) is 2.35. The fourth-order valence-corrected chi connectivity index (χ4v) is 3.64. The molecular weight excluding hydrogens is 446 g/mol. The van der Waals surface area contributed by atoms with Crippen molar-refractivity contribution in [2.45, 2.75) is 39.8 Å². The van der Waals surface area contributed by atoms with E-state index in [9.17, 15) is 9.59 Å². The molecule has 0 aliphatic carbocycles. The van der Waals surface area contributed by atoms with Crippen molar-refractivity contribution in [3.63, 3.8) is 0 Å². The number of thiazole rings is 1. The first-order valence-electron chi connectivity index (χ1n) is 10.4. The van der Waals surface area contributed by atoms with Crippen LogP contribution < -0.4 is 15.4 Å². The van der Waals surface area contributed by atoms with Crippen LogP contribution in [0, 0.1) is 5.92 Å². The lowest BCUT2D eigenvalue weighted by atomic mass is 10.1. The number of ether oxygens (including phenoxy) is 1. The first kappa shape index (κ1) is 23.8. The van der Waals surface area contributed by atoms with Gasteiger partial charge in [-0.3, -0.25) is 9.59 Å². The summed E-state index contributed by atoms with van der Waals surface area (Å²) < 4.78 is 5.69. The summed E-state index contributed by atoms with van der Waals surface area (Å²) >= 11 is 7.33. The van der Waals surface area contributed by atoms with Crippen LogP contribution in [0.25, 0.3) is 0 Å². The molecule has 1 aromatic heterocycles. The molecule has 3 aromatic rings. The largest absolute Gasteiger partial charge is 0.486 e. The van der Waals surface area contributed by atoms with Gasteiger partial charge in [0, 0.05) is 28.6 Å². The van der Waals surface area contributed by atoms with Crippen LogP contribution in [0.5, 0.6) is 5.75 Å². The third-order valence-corrected chi connectivity index (χ3v) is 5.98. The van der Waals surface area contributed by atoms with E-state index in [0.29, 0.717) is 29.6 Å². The Morgan fingerprint density at radius 2 is 1.97 bits per heavy atom. The highest BCUT2D eigenvalue weighted by atomic mass is 35.5. The molecule has 0 spiro atoms. The third-order valence-electron chi connectivity index (χ3n) is 4.86. The van der Waals surface area contributed by atoms with E-state index in [4.69, 9.17) is 16.3 Å². The van der Waals surface area contributed by atoms with Crippen LogP contribution in [-0.4, -0.2) is 16.8 Å². The number of halogens is 1. The summed E-state index contributed by atoms with van der Waals surface area (Å²) in [6.07, 6.45) is 0.981. The van der Waals surface area contributed by atoms with Crippen molar-refractivity contribution in [2.75, 3.05) is 5.32 Å². The third kappa shape index (κ3) is 7.35. The number of carbonyl (C=O) groups is 2. The molecule has 2 aromatic carbocycles. The molecule has 0 bridgehead atoms. The molecule has 8 heteroatoms. The second-order valence-electron chi connectivity index (χ2n) is 7.43. The molecule has 2 N–H and O–H groups in total. The van der Waals surface area contributed by atoms with E-state index < -0.39 is 0 Å². The Morgan fingerprint density at radius 3 is 2.72 bits per heavy atom. The van der Waals surface area contributed by atoms with Crippen molar-refractivity contribution in [2.24, 2.45) is 5.92 Å². The minimum absolute atomic E-state index is 0.00642. The van der Waals surface area contributed by atoms with Crippen LogP contribution in [0.15, 0.2) is 53.9 Å². The van der Waals surface area contributed by atoms with Gasteiger partial charge in [0.1, 0.15) is 17.4 Å². The Balaban J connectivity index is 1.45. The van der Waals surface area contributed by atoms with Gasteiger partial charge in [-0.2, -0.15) is 0 Å². The first-order valence-corrected chi connectivity index (χ1v) is 11.7. The Labute approximate surface area is 197 Å². The van der Waals surface area contributed by atoms with Crippen molar-refractivity contribution in [1.82, 2.24) is 10.3 Å². The fraction of sp³-hybridized carbons (Fsp3) is 0.292. The lowest BCUT2D eigenvalue weighted by Gasteiger charge is -2.11. The smallest absolute Gasteiger partial charge is 0.227 e. The molecule has 168 valence electrons. The van der Waals surface area contributed by atoms with Gasteiger partial charge in [0.15, 0.2) is 0 Å². The van der Waals surface area contributed by atoms with Crippen LogP contribution >= 0.6 is 22.9 Å². The zero-order valence-electron chi connectivity index (χ0n) is 18.1. The van der Waals surface area contributed by atoms with Gasteiger partial charge in [-0.15, -0.1) is 11.3 Å². The number of hydrogen-bond donors (Lipinski definition) is 2. The number of benzene rings is 2. The van der Waals surface area contributed by atoms with E-state index in [1.807, 2.05) is 43.5 Å². The van der Waals surface area contributed by atoms with Crippen LogP contribution in [0.4, 0.5) is 5.69 Å². The van der Waals surface area contributed by atoms with E-state index in [0.717, 1.165) is 22.7 Å². The van der Waals surface area contributed by atoms with E-state index in [1.165, 1.54) is 11.3 Å². The van der Waals surface area contributed by atoms with Crippen LogP contribution in [-0.2, 0) is 29.2 Å². The molecule has 0 aliphatic heterocycles. The number of rotatable bonds is 10. The van der Waals surface area contributed by atoms with Gasteiger partial charge in [-0.25, -0.2) is 4.98 Å². The topological polar surface area (TPSA) is 80.3 Å². The van der Waals surface area contributed by atoms with Gasteiger partial charge in [0.25, 0.3) is 0 Å². The molecular formula is C24H26ClN3O3S. The van der Waals surface area contributed by atoms with Crippen LogP contribution in [0.2, 0.25) is 5.02 Å². The summed E-state index contributed by atoms with van der Waals surface area (Å²) in [7, 11) is 0. The van der Waals surface area contributed by atoms with Gasteiger partial charge in [-0.1, -0.05) is 37.6 Å². The lowest BCUT2D eigenvalue weighted by molar-refractivity contribution is -0.121. The van der Waals surface area contributed by atoms with Gasteiger partial charge in [0.2, 0.25) is 11.8 Å². The number of carbonyl (C=O) groups excluding carboxylic acids is 2. The molecule has 3 rings (SSSR count). The second-order valence-corrected chi connectivity index (χ2v) is 8.81. The quantitative estimate of drug-likeness (QED) is 0.425. The maximum atomic E-state index is 12.3. The minimum Gasteiger partial charge on any atom is -0.486 e. The fourth-order valence-electron chi connectivity index (χ4n) is 2.81. The van der Waals surface area contributed by atoms with Crippen LogP contribution in [0.1, 0.15) is 36.5 Å². The standard InChI is InChI=1S/C24H26ClN3O3S/c1-3-16(2)24(30)28-19-6-4-5-17(11-19)13-26-22(29)12-20-15-32-23(27-20)14-31-21-9-7-18(25)8-10-21/h4-11,15-16H,3,12-14H2,1-2H3,(H,26,29)(H,28,30). The molecule has 1 heterocycles. The molecule has 1 unspecified atom stereocenters.